The number of rotatable bonds is 16. The number of aliphatic hydroxyl groups excluding tert-OH is 1. The van der Waals surface area contributed by atoms with Gasteiger partial charge in [0, 0.05) is 68.8 Å². The number of piperidine rings is 3. The van der Waals surface area contributed by atoms with Crippen LogP contribution in [0.25, 0.3) is 21.8 Å². The minimum Gasteiger partial charge on any atom is -0.507 e. The van der Waals surface area contributed by atoms with Gasteiger partial charge in [0.15, 0.2) is 11.6 Å². The summed E-state index contributed by atoms with van der Waals surface area (Å²) in [4.78, 5) is 42.4. The van der Waals surface area contributed by atoms with Gasteiger partial charge in [0.25, 0.3) is 0 Å². The summed E-state index contributed by atoms with van der Waals surface area (Å²) in [5.74, 6) is 2.22. The molecule has 4 saturated heterocycles. The van der Waals surface area contributed by atoms with Gasteiger partial charge in [-0.1, -0.05) is 61.8 Å². The van der Waals surface area contributed by atoms with Crippen molar-refractivity contribution in [3.63, 3.8) is 0 Å². The highest BCUT2D eigenvalue weighted by atomic mass is 32.1. The molecule has 7 heterocycles. The Labute approximate surface area is 458 Å². The van der Waals surface area contributed by atoms with Crippen molar-refractivity contribution in [3.8, 4) is 16.2 Å². The number of para-hydroxylation sites is 1. The van der Waals surface area contributed by atoms with Crippen LogP contribution in [0.15, 0.2) is 88.9 Å². The number of thiazole rings is 1. The standard InChI is InChI=1S/C36H50N6O4S.C23H32N6O/c1-23(2)33(31-20-32(39-46-31)41-18-11-26(12-19-41)21-40-16-13-29(43)14-17-40)36(45)42-15-5-6-30(42)35(44)38-24(3)27-7-9-28(10-8-27)34-25(4)37-22-47-34;24-20(19-6-1-2-7-22(19)30)13-21(23(25)26)29-15-17(14-27-29)12-16-8-10-28(11-9-16)18-4-3-5-18/h7-10,20,22-24,26,29-30,33,43H,5-6,11-19,21H2,1-4H3,(H,38,44);1-2,6-7,13-16,18,30H,3-5,8-12,24-26H2/b;20-13-. The normalized spacial score (nSPS) is 20.4. The van der Waals surface area contributed by atoms with Crippen LogP contribution < -0.4 is 27.4 Å². The number of nitrogens with one attached hydrogen (secondary N) is 1. The predicted octanol–water partition coefficient (Wildman–Crippen LogP) is 7.83. The number of hydrogen-bond acceptors (Lipinski definition) is 15. The fourth-order valence-electron chi connectivity index (χ4n) is 11.9. The Morgan fingerprint density at radius 1 is 0.870 bits per heavy atom. The van der Waals surface area contributed by atoms with Crippen LogP contribution in [0, 0.1) is 24.7 Å². The highest BCUT2D eigenvalue weighted by molar-refractivity contribution is 7.13. The summed E-state index contributed by atoms with van der Waals surface area (Å²) < 4.78 is 7.54. The van der Waals surface area contributed by atoms with Crippen molar-refractivity contribution in [2.75, 3.05) is 57.3 Å². The second-order valence-electron chi connectivity index (χ2n) is 22.6. The number of hydrogen-bond donors (Lipinski definition) is 6. The summed E-state index contributed by atoms with van der Waals surface area (Å²) in [5.41, 5.74) is 25.6. The molecule has 5 fully saturated rings. The highest BCUT2D eigenvalue weighted by Gasteiger charge is 2.41. The van der Waals surface area contributed by atoms with Crippen LogP contribution in [0.2, 0.25) is 0 Å². The number of aliphatic hydroxyl groups is 1. The number of amides is 2. The van der Waals surface area contributed by atoms with E-state index in [0.717, 1.165) is 105 Å². The Morgan fingerprint density at radius 2 is 1.58 bits per heavy atom. The van der Waals surface area contributed by atoms with E-state index in [4.69, 9.17) is 21.7 Å². The molecule has 9 N–H and O–H groups in total. The number of allylic oxidation sites excluding steroid dienone is 2. The second kappa shape index (κ2) is 25.5. The fraction of sp³-hybridized carbons (Fsp3) is 0.542. The van der Waals surface area contributed by atoms with Gasteiger partial charge in [-0.2, -0.15) is 5.10 Å². The first kappa shape index (κ1) is 55.5. The van der Waals surface area contributed by atoms with Crippen LogP contribution in [0.1, 0.15) is 132 Å². The number of aromatic hydroxyl groups is 1. The van der Waals surface area contributed by atoms with Gasteiger partial charge in [0.2, 0.25) is 11.8 Å². The fourth-order valence-corrected chi connectivity index (χ4v) is 12.7. The number of aromatic nitrogens is 4. The van der Waals surface area contributed by atoms with Crippen LogP contribution in [0.4, 0.5) is 5.82 Å². The smallest absolute Gasteiger partial charge is 0.243 e. The summed E-state index contributed by atoms with van der Waals surface area (Å²) in [6.07, 6.45) is 18.4. The molecule has 18 heteroatoms. The van der Waals surface area contributed by atoms with Crippen LogP contribution in [-0.4, -0.2) is 127 Å². The predicted molar refractivity (Wildman–Crippen MR) is 304 cm³/mol. The molecule has 1 saturated carbocycles. The van der Waals surface area contributed by atoms with Crippen LogP contribution in [0.3, 0.4) is 0 Å². The molecule has 4 aliphatic heterocycles. The molecule has 10 rings (SSSR count). The molecule has 3 unspecified atom stereocenters. The second-order valence-corrected chi connectivity index (χ2v) is 23.5. The number of benzene rings is 2. The number of likely N-dealkylation sites (tertiary alicyclic amines) is 3. The lowest BCUT2D eigenvalue weighted by Gasteiger charge is -2.41. The zero-order chi connectivity index (χ0) is 54.2. The molecule has 2 amide bonds. The number of carbonyl (C=O) groups is 2. The summed E-state index contributed by atoms with van der Waals surface area (Å²) in [7, 11) is 0. The van der Waals surface area contributed by atoms with Crippen molar-refractivity contribution in [2.24, 2.45) is 35.0 Å². The molecule has 5 aromatic rings. The van der Waals surface area contributed by atoms with Crippen molar-refractivity contribution in [1.29, 1.82) is 0 Å². The van der Waals surface area contributed by atoms with Gasteiger partial charge in [-0.3, -0.25) is 9.59 Å². The van der Waals surface area contributed by atoms with Gasteiger partial charge in [0.05, 0.1) is 34.4 Å². The quantitative estimate of drug-likeness (QED) is 0.0517. The number of phenols is 1. The van der Waals surface area contributed by atoms with E-state index in [9.17, 15) is 19.8 Å². The molecule has 3 aromatic heterocycles. The Bertz CT molecular complexity index is 2790. The molecule has 0 spiro atoms. The summed E-state index contributed by atoms with van der Waals surface area (Å²) >= 11 is 1.62. The van der Waals surface area contributed by atoms with Crippen molar-refractivity contribution in [2.45, 2.75) is 135 Å². The third-order valence-electron chi connectivity index (χ3n) is 16.8. The number of aryl methyl sites for hydroxylation is 1. The lowest BCUT2D eigenvalue weighted by molar-refractivity contribution is -0.141. The average Bonchev–Trinajstić information content (AvgIpc) is 4.27. The molecule has 77 heavy (non-hydrogen) atoms. The number of anilines is 1. The molecular formula is C59H82N12O5S. The topological polar surface area (TPSA) is 234 Å². The molecule has 0 bridgehead atoms. The Morgan fingerprint density at radius 3 is 2.23 bits per heavy atom. The van der Waals surface area contributed by atoms with Gasteiger partial charge in [-0.15, -0.1) is 11.3 Å². The molecular weight excluding hydrogens is 989 g/mol. The van der Waals surface area contributed by atoms with E-state index in [-0.39, 0.29) is 41.4 Å². The molecule has 2 aromatic carbocycles. The van der Waals surface area contributed by atoms with E-state index < -0.39 is 12.0 Å². The molecule has 3 atom stereocenters. The van der Waals surface area contributed by atoms with Gasteiger partial charge in [0.1, 0.15) is 29.2 Å². The van der Waals surface area contributed by atoms with E-state index in [1.807, 2.05) is 57.7 Å². The Balaban J connectivity index is 0.000000207. The minimum atomic E-state index is -0.505. The third-order valence-corrected chi connectivity index (χ3v) is 17.8. The summed E-state index contributed by atoms with van der Waals surface area (Å²) in [6.45, 7) is 15.9. The maximum atomic E-state index is 14.1. The summed E-state index contributed by atoms with van der Waals surface area (Å²) in [5, 5.41) is 31.9. The first-order valence-electron chi connectivity index (χ1n) is 28.2. The van der Waals surface area contributed by atoms with E-state index >= 15 is 0 Å². The van der Waals surface area contributed by atoms with Crippen LogP contribution in [0.5, 0.6) is 5.75 Å². The Hall–Kier alpha value is -6.21. The van der Waals surface area contributed by atoms with Crippen LogP contribution >= 0.6 is 11.3 Å². The van der Waals surface area contributed by atoms with Crippen LogP contribution in [-0.2, 0) is 16.0 Å². The van der Waals surface area contributed by atoms with Gasteiger partial charge >= 0.3 is 0 Å². The molecule has 17 nitrogen and oxygen atoms in total. The zero-order valence-corrected chi connectivity index (χ0v) is 46.4. The van der Waals surface area contributed by atoms with E-state index in [1.165, 1.54) is 50.8 Å². The molecule has 414 valence electrons. The van der Waals surface area contributed by atoms with Gasteiger partial charge < -0.3 is 56.9 Å². The summed E-state index contributed by atoms with van der Waals surface area (Å²) in [6, 6.07) is 17.2. The number of nitrogens with two attached hydrogens (primary N) is 3. The largest absolute Gasteiger partial charge is 0.507 e. The monoisotopic (exact) mass is 1070 g/mol. The van der Waals surface area contributed by atoms with Crippen molar-refractivity contribution >= 4 is 40.4 Å². The highest BCUT2D eigenvalue weighted by Crippen LogP contribution is 2.35. The lowest BCUT2D eigenvalue weighted by atomic mass is 9.86. The van der Waals surface area contributed by atoms with Crippen molar-refractivity contribution < 1.29 is 24.3 Å². The zero-order valence-electron chi connectivity index (χ0n) is 45.6. The minimum absolute atomic E-state index is 0.0129. The maximum absolute atomic E-state index is 14.1. The number of nitrogens with zero attached hydrogens (tertiary/aromatic N) is 8. The first-order valence-corrected chi connectivity index (χ1v) is 29.1. The van der Waals surface area contributed by atoms with E-state index in [0.29, 0.717) is 47.5 Å². The SMILES string of the molecule is Cc1ncsc1-c1ccc(C(C)NC(=O)C2CCCN2C(=O)C(c2cc(N3CCC(CN4CCC(O)CC4)CC3)no2)C(C)C)cc1.NC(N)=C(/C=C(\N)c1ccccc1O)n1cc(CC2CCN(C3CCC3)CC2)cn1. The van der Waals surface area contributed by atoms with E-state index in [1.54, 1.807) is 45.2 Å². The lowest BCUT2D eigenvalue weighted by Crippen LogP contribution is -2.48. The van der Waals surface area contributed by atoms with Gasteiger partial charge in [-0.25, -0.2) is 9.67 Å². The average molecular weight is 1070 g/mol. The van der Waals surface area contributed by atoms with Crippen molar-refractivity contribution in [1.82, 2.24) is 39.9 Å². The van der Waals surface area contributed by atoms with Crippen molar-refractivity contribution in [3.05, 3.63) is 113 Å². The van der Waals surface area contributed by atoms with Gasteiger partial charge in [-0.05, 0) is 150 Å². The first-order chi connectivity index (χ1) is 37.2. The molecule has 5 aliphatic rings. The molecule has 0 radical (unpaired) electrons. The van der Waals surface area contributed by atoms with E-state index in [2.05, 4.69) is 59.5 Å². The number of carbonyl (C=O) groups excluding carboxylic acids is 2. The maximum Gasteiger partial charge on any atom is 0.243 e. The Kier molecular flexibility index (Phi) is 18.4. The number of phenolic OH excluding ortho intramolecular Hbond substituents is 1. The third kappa shape index (κ3) is 13.7. The molecule has 1 aliphatic carbocycles.